The minimum Gasteiger partial charge on any atom is -0.484 e. The summed E-state index contributed by atoms with van der Waals surface area (Å²) in [6.07, 6.45) is 1.44. The molecule has 1 heterocycles. The van der Waals surface area contributed by atoms with Crippen molar-refractivity contribution >= 4 is 46.3 Å². The van der Waals surface area contributed by atoms with Gasteiger partial charge in [-0.15, -0.1) is 0 Å². The van der Waals surface area contributed by atoms with Crippen LogP contribution in [0.5, 0.6) is 17.2 Å². The van der Waals surface area contributed by atoms with E-state index in [1.807, 2.05) is 12.1 Å². The third kappa shape index (κ3) is 4.30. The van der Waals surface area contributed by atoms with Gasteiger partial charge in [0.2, 0.25) is 6.79 Å². The number of nitrogens with one attached hydrogen (secondary N) is 1. The topological polar surface area (TPSA) is 69.2 Å². The Morgan fingerprint density at radius 1 is 1.29 bits per heavy atom. The summed E-state index contributed by atoms with van der Waals surface area (Å²) in [5.74, 6) is 1.43. The van der Waals surface area contributed by atoms with Crippen molar-refractivity contribution in [1.82, 2.24) is 5.43 Å². The van der Waals surface area contributed by atoms with Gasteiger partial charge >= 0.3 is 0 Å². The molecule has 8 heteroatoms. The van der Waals surface area contributed by atoms with Crippen LogP contribution in [0.3, 0.4) is 0 Å². The van der Waals surface area contributed by atoms with E-state index in [-0.39, 0.29) is 19.3 Å². The first kappa shape index (κ1) is 16.8. The van der Waals surface area contributed by atoms with E-state index in [9.17, 15) is 4.79 Å². The van der Waals surface area contributed by atoms with Gasteiger partial charge in [-0.1, -0.05) is 11.6 Å². The van der Waals surface area contributed by atoms with E-state index in [4.69, 9.17) is 25.8 Å². The molecule has 2 aromatic rings. The van der Waals surface area contributed by atoms with Gasteiger partial charge in [-0.05, 0) is 52.9 Å². The van der Waals surface area contributed by atoms with Gasteiger partial charge in [0.15, 0.2) is 18.1 Å². The molecule has 1 N–H and O–H groups in total. The third-order valence-corrected chi connectivity index (χ3v) is 4.11. The van der Waals surface area contributed by atoms with Gasteiger partial charge in [0, 0.05) is 15.2 Å². The molecular formula is C16H12ClIN2O4. The smallest absolute Gasteiger partial charge is 0.277 e. The molecule has 2 aromatic carbocycles. The van der Waals surface area contributed by atoms with Gasteiger partial charge in [-0.2, -0.15) is 5.10 Å². The number of hydrogen-bond acceptors (Lipinski definition) is 5. The molecule has 1 amide bonds. The van der Waals surface area contributed by atoms with Crippen LogP contribution >= 0.6 is 34.2 Å². The van der Waals surface area contributed by atoms with Crippen LogP contribution in [0.1, 0.15) is 5.56 Å². The summed E-state index contributed by atoms with van der Waals surface area (Å²) in [7, 11) is 0. The Morgan fingerprint density at radius 3 is 2.75 bits per heavy atom. The molecule has 0 aromatic heterocycles. The Hall–Kier alpha value is -2.00. The fourth-order valence-electron chi connectivity index (χ4n) is 1.92. The number of ether oxygens (including phenoxy) is 3. The van der Waals surface area contributed by atoms with Crippen LogP contribution in [-0.4, -0.2) is 25.5 Å². The first-order valence-corrected chi connectivity index (χ1v) is 8.37. The minimum atomic E-state index is -0.373. The average molecular weight is 459 g/mol. The maximum absolute atomic E-state index is 11.7. The van der Waals surface area contributed by atoms with Crippen LogP contribution in [0, 0.1) is 3.57 Å². The number of amides is 1. The van der Waals surface area contributed by atoms with E-state index in [0.29, 0.717) is 27.8 Å². The van der Waals surface area contributed by atoms with Gasteiger partial charge in [0.1, 0.15) is 5.75 Å². The van der Waals surface area contributed by atoms with Crippen LogP contribution in [0.4, 0.5) is 0 Å². The normalized spacial score (nSPS) is 12.4. The Morgan fingerprint density at radius 2 is 2.00 bits per heavy atom. The molecule has 0 atom stereocenters. The highest BCUT2D eigenvalue weighted by atomic mass is 127. The number of halogens is 2. The lowest BCUT2D eigenvalue weighted by atomic mass is 10.2. The van der Waals surface area contributed by atoms with Crippen LogP contribution in [0.2, 0.25) is 5.02 Å². The summed E-state index contributed by atoms with van der Waals surface area (Å²) in [4.78, 5) is 11.7. The quantitative estimate of drug-likeness (QED) is 0.424. The van der Waals surface area contributed by atoms with Crippen molar-refractivity contribution < 1.29 is 19.0 Å². The molecule has 0 radical (unpaired) electrons. The fraction of sp³-hybridized carbons (Fsp3) is 0.125. The zero-order chi connectivity index (χ0) is 16.9. The molecule has 0 unspecified atom stereocenters. The van der Waals surface area contributed by atoms with Crippen molar-refractivity contribution in [3.05, 3.63) is 50.6 Å². The number of fused-ring (bicyclic) bond motifs is 1. The SMILES string of the molecule is O=C(COc1ccc(I)cc1)N/N=C/c1cc2c(cc1Cl)OCO2. The van der Waals surface area contributed by atoms with Gasteiger partial charge in [-0.25, -0.2) is 5.43 Å². The number of rotatable bonds is 5. The monoisotopic (exact) mass is 458 g/mol. The van der Waals surface area contributed by atoms with Crippen molar-refractivity contribution in [2.24, 2.45) is 5.10 Å². The molecule has 1 aliphatic heterocycles. The van der Waals surface area contributed by atoms with E-state index in [2.05, 4.69) is 33.1 Å². The second-order valence-electron chi connectivity index (χ2n) is 4.76. The molecule has 24 heavy (non-hydrogen) atoms. The summed E-state index contributed by atoms with van der Waals surface area (Å²) in [6, 6.07) is 10.7. The predicted molar refractivity (Wildman–Crippen MR) is 98.0 cm³/mol. The van der Waals surface area contributed by atoms with Crippen molar-refractivity contribution in [2.75, 3.05) is 13.4 Å². The molecule has 0 spiro atoms. The molecule has 1 aliphatic rings. The summed E-state index contributed by atoms with van der Waals surface area (Å²) >= 11 is 8.31. The first-order chi connectivity index (χ1) is 11.6. The van der Waals surface area contributed by atoms with Gasteiger partial charge < -0.3 is 14.2 Å². The zero-order valence-electron chi connectivity index (χ0n) is 12.3. The largest absolute Gasteiger partial charge is 0.484 e. The van der Waals surface area contributed by atoms with Gasteiger partial charge in [0.25, 0.3) is 5.91 Å². The third-order valence-electron chi connectivity index (χ3n) is 3.07. The average Bonchev–Trinajstić information content (AvgIpc) is 3.01. The second-order valence-corrected chi connectivity index (χ2v) is 6.42. The van der Waals surface area contributed by atoms with Gasteiger partial charge in [0.05, 0.1) is 11.2 Å². The van der Waals surface area contributed by atoms with Crippen molar-refractivity contribution in [2.45, 2.75) is 0 Å². The molecule has 3 rings (SSSR count). The summed E-state index contributed by atoms with van der Waals surface area (Å²) in [5, 5.41) is 4.32. The molecular weight excluding hydrogens is 447 g/mol. The highest BCUT2D eigenvalue weighted by molar-refractivity contribution is 14.1. The summed E-state index contributed by atoms with van der Waals surface area (Å²) in [6.45, 7) is 0.0334. The number of nitrogens with zero attached hydrogens (tertiary/aromatic N) is 1. The summed E-state index contributed by atoms with van der Waals surface area (Å²) in [5.41, 5.74) is 2.99. The lowest BCUT2D eigenvalue weighted by molar-refractivity contribution is -0.123. The Labute approximate surface area is 156 Å². The molecule has 0 bridgehead atoms. The van der Waals surface area contributed by atoms with E-state index >= 15 is 0 Å². The molecule has 0 saturated heterocycles. The number of carbonyl (C=O) groups is 1. The highest BCUT2D eigenvalue weighted by Crippen LogP contribution is 2.36. The van der Waals surface area contributed by atoms with E-state index in [1.54, 1.807) is 24.3 Å². The number of hydrogen-bond donors (Lipinski definition) is 1. The van der Waals surface area contributed by atoms with E-state index in [1.165, 1.54) is 6.21 Å². The number of benzene rings is 2. The second kappa shape index (κ2) is 7.71. The zero-order valence-corrected chi connectivity index (χ0v) is 15.2. The molecule has 0 aliphatic carbocycles. The van der Waals surface area contributed by atoms with Crippen LogP contribution in [0.25, 0.3) is 0 Å². The van der Waals surface area contributed by atoms with Crippen molar-refractivity contribution in [3.63, 3.8) is 0 Å². The Balaban J connectivity index is 1.52. The Bertz CT molecular complexity index is 780. The van der Waals surface area contributed by atoms with E-state index < -0.39 is 0 Å². The molecule has 124 valence electrons. The molecule has 0 fully saturated rings. The standard InChI is InChI=1S/C16H12ClIN2O4/c17-13-6-15-14(23-9-24-15)5-10(13)7-19-20-16(21)8-22-12-3-1-11(18)2-4-12/h1-7H,8-9H2,(H,20,21)/b19-7+. The number of carbonyl (C=O) groups excluding carboxylic acids is 1. The van der Waals surface area contributed by atoms with Crippen LogP contribution in [-0.2, 0) is 4.79 Å². The molecule has 6 nitrogen and oxygen atoms in total. The number of hydrazone groups is 1. The first-order valence-electron chi connectivity index (χ1n) is 6.91. The lowest BCUT2D eigenvalue weighted by Gasteiger charge is -2.05. The maximum atomic E-state index is 11.7. The lowest BCUT2D eigenvalue weighted by Crippen LogP contribution is -2.24. The highest BCUT2D eigenvalue weighted by Gasteiger charge is 2.15. The molecule has 0 saturated carbocycles. The summed E-state index contributed by atoms with van der Waals surface area (Å²) < 4.78 is 16.9. The van der Waals surface area contributed by atoms with Crippen molar-refractivity contribution in [1.29, 1.82) is 0 Å². The van der Waals surface area contributed by atoms with Crippen LogP contribution < -0.4 is 19.6 Å². The van der Waals surface area contributed by atoms with E-state index in [0.717, 1.165) is 3.57 Å². The van der Waals surface area contributed by atoms with Crippen molar-refractivity contribution in [3.8, 4) is 17.2 Å². The van der Waals surface area contributed by atoms with Gasteiger partial charge in [-0.3, -0.25) is 4.79 Å². The minimum absolute atomic E-state index is 0.132. The Kier molecular flexibility index (Phi) is 5.41. The van der Waals surface area contributed by atoms with Crippen LogP contribution in [0.15, 0.2) is 41.5 Å². The maximum Gasteiger partial charge on any atom is 0.277 e. The fourth-order valence-corrected chi connectivity index (χ4v) is 2.48. The predicted octanol–water partition coefficient (Wildman–Crippen LogP) is 3.20.